The maximum atomic E-state index is 12.6. The van der Waals surface area contributed by atoms with Gasteiger partial charge in [-0.05, 0) is 42.0 Å². The van der Waals surface area contributed by atoms with Gasteiger partial charge in [-0.25, -0.2) is 4.90 Å². The van der Waals surface area contributed by atoms with Crippen LogP contribution in [0.3, 0.4) is 0 Å². The summed E-state index contributed by atoms with van der Waals surface area (Å²) in [6.07, 6.45) is 0. The highest BCUT2D eigenvalue weighted by molar-refractivity contribution is 6.34. The standard InChI is InChI=1S/C25H23N3O3/c1-27(2)16-18-9-7-17(8-10-18)15-26-23(29)19-11-13-20(14-12-19)28-24(30)21-5-3-4-6-22(21)25(28)31/h3-14H,15-16H2,1-2H3,(H,26,29)/p+1. The first-order valence-electron chi connectivity index (χ1n) is 10.2. The quantitative estimate of drug-likeness (QED) is 0.607. The van der Waals surface area contributed by atoms with Crippen molar-refractivity contribution in [3.63, 3.8) is 0 Å². The molecule has 4 rings (SSSR count). The average Bonchev–Trinajstić information content (AvgIpc) is 3.03. The van der Waals surface area contributed by atoms with Gasteiger partial charge in [-0.15, -0.1) is 0 Å². The second-order valence-electron chi connectivity index (χ2n) is 7.92. The van der Waals surface area contributed by atoms with E-state index in [2.05, 4.69) is 31.5 Å². The molecule has 3 aromatic carbocycles. The molecule has 0 fully saturated rings. The molecule has 0 spiro atoms. The normalized spacial score (nSPS) is 12.9. The zero-order valence-corrected chi connectivity index (χ0v) is 17.5. The molecule has 1 aliphatic rings. The van der Waals surface area contributed by atoms with E-state index in [9.17, 15) is 14.4 Å². The minimum Gasteiger partial charge on any atom is -0.348 e. The van der Waals surface area contributed by atoms with Crippen molar-refractivity contribution in [2.24, 2.45) is 0 Å². The number of rotatable bonds is 6. The molecule has 6 nitrogen and oxygen atoms in total. The predicted molar refractivity (Wildman–Crippen MR) is 118 cm³/mol. The number of imide groups is 1. The molecule has 3 aromatic rings. The van der Waals surface area contributed by atoms with Gasteiger partial charge in [-0.1, -0.05) is 36.4 Å². The minimum absolute atomic E-state index is 0.212. The van der Waals surface area contributed by atoms with Gasteiger partial charge in [0.1, 0.15) is 6.54 Å². The van der Waals surface area contributed by atoms with Crippen LogP contribution >= 0.6 is 0 Å². The fourth-order valence-electron chi connectivity index (χ4n) is 3.65. The number of anilines is 1. The molecule has 0 bridgehead atoms. The van der Waals surface area contributed by atoms with Gasteiger partial charge in [0, 0.05) is 17.7 Å². The third-order valence-corrected chi connectivity index (χ3v) is 5.22. The molecular weight excluding hydrogens is 390 g/mol. The van der Waals surface area contributed by atoms with E-state index in [0.29, 0.717) is 28.9 Å². The molecule has 0 aliphatic carbocycles. The fraction of sp³-hybridized carbons (Fsp3) is 0.160. The van der Waals surface area contributed by atoms with Crippen molar-refractivity contribution in [1.29, 1.82) is 0 Å². The Hall–Kier alpha value is -3.77. The van der Waals surface area contributed by atoms with E-state index in [1.807, 2.05) is 12.1 Å². The molecule has 1 aliphatic heterocycles. The zero-order valence-electron chi connectivity index (χ0n) is 17.5. The van der Waals surface area contributed by atoms with Crippen LogP contribution in [0.4, 0.5) is 5.69 Å². The van der Waals surface area contributed by atoms with E-state index in [-0.39, 0.29) is 17.7 Å². The second kappa shape index (κ2) is 8.53. The molecule has 31 heavy (non-hydrogen) atoms. The molecule has 0 radical (unpaired) electrons. The number of quaternary nitrogens is 1. The van der Waals surface area contributed by atoms with Crippen LogP contribution in [0.2, 0.25) is 0 Å². The lowest BCUT2D eigenvalue weighted by Crippen LogP contribution is -3.04. The van der Waals surface area contributed by atoms with Gasteiger partial charge in [-0.2, -0.15) is 0 Å². The maximum absolute atomic E-state index is 12.6. The number of hydrogen-bond acceptors (Lipinski definition) is 3. The Morgan fingerprint density at radius 2 is 1.35 bits per heavy atom. The molecule has 6 heteroatoms. The molecule has 0 saturated carbocycles. The van der Waals surface area contributed by atoms with Crippen molar-refractivity contribution in [3.8, 4) is 0 Å². The Balaban J connectivity index is 1.40. The summed E-state index contributed by atoms with van der Waals surface area (Å²) in [6.45, 7) is 1.38. The SMILES string of the molecule is C[NH+](C)Cc1ccc(CNC(=O)c2ccc(N3C(=O)c4ccccc4C3=O)cc2)cc1. The molecule has 0 unspecified atom stereocenters. The minimum atomic E-state index is -0.350. The maximum Gasteiger partial charge on any atom is 0.266 e. The Morgan fingerprint density at radius 1 is 0.806 bits per heavy atom. The Kier molecular flexibility index (Phi) is 5.64. The molecule has 1 heterocycles. The van der Waals surface area contributed by atoms with Crippen molar-refractivity contribution in [2.45, 2.75) is 13.1 Å². The van der Waals surface area contributed by atoms with Gasteiger partial charge in [0.15, 0.2) is 0 Å². The first kappa shape index (κ1) is 20.5. The van der Waals surface area contributed by atoms with Crippen molar-refractivity contribution < 1.29 is 19.3 Å². The van der Waals surface area contributed by atoms with E-state index in [1.165, 1.54) is 10.5 Å². The van der Waals surface area contributed by atoms with E-state index < -0.39 is 0 Å². The Labute approximate surface area is 181 Å². The number of benzene rings is 3. The summed E-state index contributed by atoms with van der Waals surface area (Å²) < 4.78 is 0. The summed E-state index contributed by atoms with van der Waals surface area (Å²) in [5.41, 5.74) is 3.97. The summed E-state index contributed by atoms with van der Waals surface area (Å²) in [6, 6.07) is 21.4. The number of carbonyl (C=O) groups is 3. The average molecular weight is 414 g/mol. The number of nitrogens with one attached hydrogen (secondary N) is 2. The molecule has 156 valence electrons. The lowest BCUT2D eigenvalue weighted by Gasteiger charge is -2.14. The monoisotopic (exact) mass is 414 g/mol. The molecule has 0 atom stereocenters. The van der Waals surface area contributed by atoms with E-state index in [1.54, 1.807) is 48.5 Å². The van der Waals surface area contributed by atoms with Gasteiger partial charge >= 0.3 is 0 Å². The molecular formula is C25H24N3O3+. The molecule has 0 aromatic heterocycles. The van der Waals surface area contributed by atoms with Gasteiger partial charge in [0.05, 0.1) is 30.9 Å². The molecule has 0 saturated heterocycles. The smallest absolute Gasteiger partial charge is 0.266 e. The van der Waals surface area contributed by atoms with Gasteiger partial charge in [0.2, 0.25) is 0 Å². The number of hydrogen-bond donors (Lipinski definition) is 2. The Morgan fingerprint density at radius 3 is 1.90 bits per heavy atom. The van der Waals surface area contributed by atoms with Gasteiger partial charge < -0.3 is 10.2 Å². The first-order valence-corrected chi connectivity index (χ1v) is 10.2. The summed E-state index contributed by atoms with van der Waals surface area (Å²) >= 11 is 0. The highest BCUT2D eigenvalue weighted by atomic mass is 16.2. The summed E-state index contributed by atoms with van der Waals surface area (Å²) in [5.74, 6) is -0.912. The molecule has 2 N–H and O–H groups in total. The van der Waals surface area contributed by atoms with Crippen LogP contribution in [0.1, 0.15) is 42.2 Å². The van der Waals surface area contributed by atoms with Crippen LogP contribution in [0.5, 0.6) is 0 Å². The predicted octanol–water partition coefficient (Wildman–Crippen LogP) is 2.06. The largest absolute Gasteiger partial charge is 0.348 e. The van der Waals surface area contributed by atoms with Crippen molar-refractivity contribution in [3.05, 3.63) is 101 Å². The van der Waals surface area contributed by atoms with Crippen LogP contribution in [0.25, 0.3) is 0 Å². The first-order chi connectivity index (χ1) is 14.9. The zero-order chi connectivity index (χ0) is 22.0. The summed E-state index contributed by atoms with van der Waals surface area (Å²) in [4.78, 5) is 40.2. The van der Waals surface area contributed by atoms with Crippen molar-refractivity contribution >= 4 is 23.4 Å². The van der Waals surface area contributed by atoms with Crippen molar-refractivity contribution in [2.75, 3.05) is 19.0 Å². The Bertz CT molecular complexity index is 1100. The van der Waals surface area contributed by atoms with Gasteiger partial charge in [0.25, 0.3) is 17.7 Å². The second-order valence-corrected chi connectivity index (χ2v) is 7.92. The third kappa shape index (κ3) is 4.25. The van der Waals surface area contributed by atoms with Crippen LogP contribution in [-0.4, -0.2) is 31.8 Å². The van der Waals surface area contributed by atoms with Gasteiger partial charge in [-0.3, -0.25) is 14.4 Å². The lowest BCUT2D eigenvalue weighted by atomic mass is 10.1. The van der Waals surface area contributed by atoms with Crippen LogP contribution in [0, 0.1) is 0 Å². The van der Waals surface area contributed by atoms with Crippen LogP contribution in [-0.2, 0) is 13.1 Å². The summed E-state index contributed by atoms with van der Waals surface area (Å²) in [7, 11) is 4.21. The van der Waals surface area contributed by atoms with Crippen LogP contribution in [0.15, 0.2) is 72.8 Å². The van der Waals surface area contributed by atoms with E-state index >= 15 is 0 Å². The number of amides is 3. The topological polar surface area (TPSA) is 70.9 Å². The third-order valence-electron chi connectivity index (χ3n) is 5.22. The lowest BCUT2D eigenvalue weighted by molar-refractivity contribution is -0.872. The summed E-state index contributed by atoms with van der Waals surface area (Å²) in [5, 5.41) is 2.90. The van der Waals surface area contributed by atoms with E-state index in [4.69, 9.17) is 0 Å². The highest BCUT2D eigenvalue weighted by Gasteiger charge is 2.36. The fourth-order valence-corrected chi connectivity index (χ4v) is 3.65. The van der Waals surface area contributed by atoms with Crippen molar-refractivity contribution in [1.82, 2.24) is 5.32 Å². The number of fused-ring (bicyclic) bond motifs is 1. The highest BCUT2D eigenvalue weighted by Crippen LogP contribution is 2.28. The molecule has 3 amide bonds. The van der Waals surface area contributed by atoms with E-state index in [0.717, 1.165) is 17.0 Å². The number of nitrogens with zero attached hydrogens (tertiary/aromatic N) is 1. The van der Waals surface area contributed by atoms with Crippen LogP contribution < -0.4 is 15.1 Å². The number of carbonyl (C=O) groups excluding carboxylic acids is 3.